The molecule has 1 aromatic rings. The molecule has 27 heavy (non-hydrogen) atoms. The molecule has 0 aliphatic carbocycles. The molecule has 3 heterocycles. The number of hydrogen-bond acceptors (Lipinski definition) is 4. The summed E-state index contributed by atoms with van der Waals surface area (Å²) in [6, 6.07) is 4.94. The lowest BCUT2D eigenvalue weighted by molar-refractivity contribution is 0.128. The number of thiophene rings is 1. The molecule has 2 aliphatic heterocycles. The first kappa shape index (κ1) is 20.4. The van der Waals surface area contributed by atoms with Crippen LogP contribution in [0, 0.1) is 5.92 Å². The first-order chi connectivity index (χ1) is 13.3. The van der Waals surface area contributed by atoms with Gasteiger partial charge in [0.1, 0.15) is 0 Å². The van der Waals surface area contributed by atoms with Crippen LogP contribution >= 0.6 is 11.3 Å². The number of likely N-dealkylation sites (tertiary alicyclic amines) is 1. The van der Waals surface area contributed by atoms with Gasteiger partial charge in [-0.1, -0.05) is 17.7 Å². The predicted octanol–water partition coefficient (Wildman–Crippen LogP) is 3.42. The van der Waals surface area contributed by atoms with Crippen molar-refractivity contribution in [3.8, 4) is 0 Å². The number of nitrogens with one attached hydrogen (secondary N) is 2. The maximum absolute atomic E-state index is 5.38. The molecule has 2 N–H and O–H groups in total. The molecule has 0 aromatic carbocycles. The van der Waals surface area contributed by atoms with Crippen LogP contribution in [-0.2, 0) is 4.74 Å². The van der Waals surface area contributed by atoms with Gasteiger partial charge in [-0.05, 0) is 63.6 Å². The Balaban J connectivity index is 1.56. The van der Waals surface area contributed by atoms with Crippen LogP contribution in [-0.4, -0.2) is 57.3 Å². The lowest BCUT2D eigenvalue weighted by Gasteiger charge is -2.38. The molecule has 0 radical (unpaired) electrons. The topological polar surface area (TPSA) is 48.9 Å². The Morgan fingerprint density at radius 3 is 3.07 bits per heavy atom. The van der Waals surface area contributed by atoms with E-state index in [9.17, 15) is 0 Å². The lowest BCUT2D eigenvalue weighted by atomic mass is 9.88. The van der Waals surface area contributed by atoms with E-state index in [1.54, 1.807) is 0 Å². The quantitative estimate of drug-likeness (QED) is 0.425. The Labute approximate surface area is 167 Å². The van der Waals surface area contributed by atoms with Gasteiger partial charge in [0.05, 0.1) is 13.2 Å². The van der Waals surface area contributed by atoms with Crippen LogP contribution in [0.15, 0.2) is 34.2 Å². The first-order valence-electron chi connectivity index (χ1n) is 10.3. The zero-order valence-electron chi connectivity index (χ0n) is 16.7. The molecule has 6 heteroatoms. The van der Waals surface area contributed by atoms with Crippen LogP contribution in [0.4, 0.5) is 0 Å². The van der Waals surface area contributed by atoms with Gasteiger partial charge in [-0.15, -0.1) is 11.3 Å². The molecule has 2 unspecified atom stereocenters. The van der Waals surface area contributed by atoms with Crippen molar-refractivity contribution >= 4 is 17.3 Å². The molecule has 150 valence electrons. The van der Waals surface area contributed by atoms with E-state index in [0.29, 0.717) is 12.0 Å². The van der Waals surface area contributed by atoms with Crippen molar-refractivity contribution in [1.82, 2.24) is 15.5 Å². The van der Waals surface area contributed by atoms with Gasteiger partial charge < -0.3 is 15.4 Å². The van der Waals surface area contributed by atoms with Crippen LogP contribution in [0.2, 0.25) is 0 Å². The van der Waals surface area contributed by atoms with E-state index >= 15 is 0 Å². The monoisotopic (exact) mass is 390 g/mol. The Morgan fingerprint density at radius 1 is 1.41 bits per heavy atom. The van der Waals surface area contributed by atoms with Gasteiger partial charge in [0, 0.05) is 30.6 Å². The average molecular weight is 391 g/mol. The Morgan fingerprint density at radius 2 is 2.33 bits per heavy atom. The van der Waals surface area contributed by atoms with Crippen molar-refractivity contribution in [3.63, 3.8) is 0 Å². The average Bonchev–Trinajstić information content (AvgIpc) is 3.21. The van der Waals surface area contributed by atoms with Crippen molar-refractivity contribution in [2.75, 3.05) is 46.4 Å². The summed E-state index contributed by atoms with van der Waals surface area (Å²) < 4.78 is 5.38. The van der Waals surface area contributed by atoms with Gasteiger partial charge >= 0.3 is 0 Å². The van der Waals surface area contributed by atoms with Gasteiger partial charge in [0.15, 0.2) is 5.96 Å². The molecule has 3 rings (SSSR count). The Bertz CT molecular complexity index is 614. The summed E-state index contributed by atoms with van der Waals surface area (Å²) in [7, 11) is 2.26. The molecule has 1 fully saturated rings. The predicted molar refractivity (Wildman–Crippen MR) is 115 cm³/mol. The summed E-state index contributed by atoms with van der Waals surface area (Å²) in [5, 5.41) is 9.11. The smallest absolute Gasteiger partial charge is 0.191 e. The highest BCUT2D eigenvalue weighted by Gasteiger charge is 2.31. The molecule has 0 spiro atoms. The van der Waals surface area contributed by atoms with Gasteiger partial charge in [-0.2, -0.15) is 0 Å². The number of rotatable bonds is 7. The summed E-state index contributed by atoms with van der Waals surface area (Å²) in [5.74, 6) is 1.53. The van der Waals surface area contributed by atoms with Crippen LogP contribution in [0.1, 0.15) is 43.5 Å². The van der Waals surface area contributed by atoms with Crippen molar-refractivity contribution in [1.29, 1.82) is 0 Å². The van der Waals surface area contributed by atoms with E-state index in [1.165, 1.54) is 29.8 Å². The van der Waals surface area contributed by atoms with E-state index < -0.39 is 0 Å². The number of nitrogens with zero attached hydrogens (tertiary/aromatic N) is 2. The number of aliphatic imine (C=N–C) groups is 1. The molecule has 2 atom stereocenters. The molecule has 0 amide bonds. The summed E-state index contributed by atoms with van der Waals surface area (Å²) in [5.41, 5.74) is 1.50. The van der Waals surface area contributed by atoms with Crippen molar-refractivity contribution in [2.45, 2.75) is 38.6 Å². The Kier molecular flexibility index (Phi) is 8.17. The minimum Gasteiger partial charge on any atom is -0.377 e. The summed E-state index contributed by atoms with van der Waals surface area (Å²) >= 11 is 1.87. The third-order valence-electron chi connectivity index (χ3n) is 5.47. The third kappa shape index (κ3) is 6.06. The minimum absolute atomic E-state index is 0.498. The van der Waals surface area contributed by atoms with Crippen LogP contribution in [0.25, 0.3) is 0 Å². The van der Waals surface area contributed by atoms with E-state index in [1.807, 2.05) is 11.3 Å². The molecule has 0 bridgehead atoms. The second-order valence-electron chi connectivity index (χ2n) is 7.43. The van der Waals surface area contributed by atoms with Gasteiger partial charge in [-0.3, -0.25) is 9.89 Å². The second-order valence-corrected chi connectivity index (χ2v) is 8.41. The fourth-order valence-electron chi connectivity index (χ4n) is 4.04. The highest BCUT2D eigenvalue weighted by atomic mass is 32.1. The number of hydrogen-bond donors (Lipinski definition) is 2. The van der Waals surface area contributed by atoms with Gasteiger partial charge in [0.25, 0.3) is 0 Å². The first-order valence-corrected chi connectivity index (χ1v) is 11.2. The summed E-state index contributed by atoms with van der Waals surface area (Å²) in [4.78, 5) is 8.92. The largest absolute Gasteiger partial charge is 0.377 e. The van der Waals surface area contributed by atoms with Crippen molar-refractivity contribution in [3.05, 3.63) is 34.0 Å². The van der Waals surface area contributed by atoms with Gasteiger partial charge in [0.2, 0.25) is 0 Å². The van der Waals surface area contributed by atoms with E-state index in [0.717, 1.165) is 51.6 Å². The molecular formula is C21H34N4OS. The third-order valence-corrected chi connectivity index (χ3v) is 6.41. The normalized spacial score (nSPS) is 24.5. The van der Waals surface area contributed by atoms with Crippen LogP contribution in [0.5, 0.6) is 0 Å². The van der Waals surface area contributed by atoms with Gasteiger partial charge in [-0.25, -0.2) is 0 Å². The highest BCUT2D eigenvalue weighted by molar-refractivity contribution is 7.10. The SMILES string of the molecule is CCNC(=NCC1CCCN(C)C1c1cccs1)NCCC1=CCOCC1. The number of ether oxygens (including phenoxy) is 1. The molecule has 1 aromatic heterocycles. The zero-order chi connectivity index (χ0) is 18.9. The number of piperidine rings is 1. The fraction of sp³-hybridized carbons (Fsp3) is 0.667. The summed E-state index contributed by atoms with van der Waals surface area (Å²) in [6.07, 6.45) is 6.87. The Hall–Kier alpha value is -1.37. The van der Waals surface area contributed by atoms with Crippen molar-refractivity contribution < 1.29 is 4.74 Å². The molecule has 1 saturated heterocycles. The maximum Gasteiger partial charge on any atom is 0.191 e. The van der Waals surface area contributed by atoms with Crippen LogP contribution in [0.3, 0.4) is 0 Å². The van der Waals surface area contributed by atoms with E-state index in [4.69, 9.17) is 9.73 Å². The standard InChI is InChI=1S/C21H34N4OS/c1-3-22-21(23-11-8-17-9-13-26-14-10-17)24-16-18-6-4-12-25(2)20(18)19-7-5-15-27-19/h5,7,9,15,18,20H,3-4,6,8,10-14,16H2,1-2H3,(H2,22,23,24). The second kappa shape index (κ2) is 10.8. The lowest BCUT2D eigenvalue weighted by Crippen LogP contribution is -2.40. The molecule has 0 saturated carbocycles. The van der Waals surface area contributed by atoms with Crippen molar-refractivity contribution in [2.24, 2.45) is 10.9 Å². The molecule has 2 aliphatic rings. The van der Waals surface area contributed by atoms with E-state index in [2.05, 4.69) is 53.1 Å². The van der Waals surface area contributed by atoms with E-state index in [-0.39, 0.29) is 0 Å². The minimum atomic E-state index is 0.498. The highest BCUT2D eigenvalue weighted by Crippen LogP contribution is 2.37. The zero-order valence-corrected chi connectivity index (χ0v) is 17.6. The van der Waals surface area contributed by atoms with Crippen LogP contribution < -0.4 is 10.6 Å². The molecule has 5 nitrogen and oxygen atoms in total. The maximum atomic E-state index is 5.38. The number of guanidine groups is 1. The fourth-order valence-corrected chi connectivity index (χ4v) is 5.03. The molecular weight excluding hydrogens is 356 g/mol. The summed E-state index contributed by atoms with van der Waals surface area (Å²) in [6.45, 7) is 7.62.